The average Bonchev–Trinajstić information content (AvgIpc) is 2.08. The van der Waals surface area contributed by atoms with Crippen LogP contribution in [0.5, 0.6) is 0 Å². The maximum absolute atomic E-state index is 13.4. The molecule has 0 aliphatic carbocycles. The monoisotopic (exact) mass is 309 g/mol. The zero-order valence-corrected chi connectivity index (χ0v) is 10.9. The first-order chi connectivity index (χ1) is 7.20. The normalized spacial score (nSPS) is 11.2. The minimum Gasteiger partial charge on any atom is -0.268 e. The Morgan fingerprint density at radius 3 is 2.50 bits per heavy atom. The van der Waals surface area contributed by atoms with Gasteiger partial charge in [0, 0.05) is 4.47 Å². The minimum absolute atomic E-state index is 0.317. The molecular formula is C9H9BrFNO3S. The van der Waals surface area contributed by atoms with E-state index < -0.39 is 21.7 Å². The van der Waals surface area contributed by atoms with Crippen LogP contribution in [0.25, 0.3) is 0 Å². The van der Waals surface area contributed by atoms with Gasteiger partial charge in [0.25, 0.3) is 5.91 Å². The van der Waals surface area contributed by atoms with Crippen LogP contribution in [0.2, 0.25) is 0 Å². The van der Waals surface area contributed by atoms with Crippen molar-refractivity contribution < 1.29 is 17.6 Å². The molecule has 0 atom stereocenters. The molecule has 0 fully saturated rings. The molecule has 0 aromatic heterocycles. The van der Waals surface area contributed by atoms with Gasteiger partial charge in [-0.15, -0.1) is 0 Å². The summed E-state index contributed by atoms with van der Waals surface area (Å²) in [7, 11) is -3.69. The summed E-state index contributed by atoms with van der Waals surface area (Å²) < 4.78 is 37.2. The number of rotatable bonds is 2. The fourth-order valence-electron chi connectivity index (χ4n) is 1.04. The highest BCUT2D eigenvalue weighted by atomic mass is 79.9. The van der Waals surface area contributed by atoms with E-state index in [1.54, 1.807) is 11.6 Å². The van der Waals surface area contributed by atoms with Gasteiger partial charge < -0.3 is 0 Å². The average molecular weight is 310 g/mol. The van der Waals surface area contributed by atoms with Gasteiger partial charge >= 0.3 is 0 Å². The summed E-state index contributed by atoms with van der Waals surface area (Å²) in [5, 5.41) is 0. The molecule has 0 unspecified atom stereocenters. The van der Waals surface area contributed by atoms with Gasteiger partial charge in [-0.1, -0.05) is 15.9 Å². The first-order valence-electron chi connectivity index (χ1n) is 4.18. The fraction of sp³-hybridized carbons (Fsp3) is 0.222. The van der Waals surface area contributed by atoms with Gasteiger partial charge in [-0.25, -0.2) is 17.5 Å². The van der Waals surface area contributed by atoms with E-state index in [0.29, 0.717) is 10.0 Å². The Morgan fingerprint density at radius 1 is 1.44 bits per heavy atom. The van der Waals surface area contributed by atoms with Crippen LogP contribution >= 0.6 is 15.9 Å². The Morgan fingerprint density at radius 2 is 2.00 bits per heavy atom. The Hall–Kier alpha value is -0.950. The third kappa shape index (κ3) is 3.28. The van der Waals surface area contributed by atoms with Crippen LogP contribution in [0, 0.1) is 12.7 Å². The number of carbonyl (C=O) groups is 1. The quantitative estimate of drug-likeness (QED) is 0.902. The molecule has 0 aliphatic heterocycles. The fourth-order valence-corrected chi connectivity index (χ4v) is 1.83. The maximum atomic E-state index is 13.4. The molecule has 1 aromatic rings. The lowest BCUT2D eigenvalue weighted by Crippen LogP contribution is -2.30. The standard InChI is InChI=1S/C9H9BrFNO3S/c1-5-3-8(11)6(4-7(5)10)9(13)12-16(2,14)15/h3-4H,1-2H3,(H,12,13). The van der Waals surface area contributed by atoms with Gasteiger partial charge in [0.15, 0.2) is 0 Å². The van der Waals surface area contributed by atoms with E-state index in [1.165, 1.54) is 6.07 Å². The third-order valence-corrected chi connectivity index (χ3v) is 3.18. The van der Waals surface area contributed by atoms with Crippen LogP contribution in [-0.4, -0.2) is 20.6 Å². The van der Waals surface area contributed by atoms with E-state index >= 15 is 0 Å². The molecule has 1 aromatic carbocycles. The molecule has 1 rings (SSSR count). The molecule has 7 heteroatoms. The molecule has 0 saturated carbocycles. The zero-order chi connectivity index (χ0) is 12.5. The van der Waals surface area contributed by atoms with Gasteiger partial charge in [0.1, 0.15) is 5.82 Å². The number of sulfonamides is 1. The summed E-state index contributed by atoms with van der Waals surface area (Å²) in [6.45, 7) is 1.66. The van der Waals surface area contributed by atoms with Gasteiger partial charge in [-0.2, -0.15) is 0 Å². The predicted octanol–water partition coefficient (Wildman–Crippen LogP) is 1.59. The Balaban J connectivity index is 3.15. The summed E-state index contributed by atoms with van der Waals surface area (Å²) in [5.74, 6) is -1.75. The number of halogens is 2. The number of hydrogen-bond acceptors (Lipinski definition) is 3. The smallest absolute Gasteiger partial charge is 0.267 e. The highest BCUT2D eigenvalue weighted by molar-refractivity contribution is 9.10. The summed E-state index contributed by atoms with van der Waals surface area (Å²) in [6.07, 6.45) is 0.825. The number of carbonyl (C=O) groups excluding carboxylic acids is 1. The Labute approximate surface area is 101 Å². The van der Waals surface area contributed by atoms with Crippen molar-refractivity contribution in [3.63, 3.8) is 0 Å². The summed E-state index contributed by atoms with van der Waals surface area (Å²) in [5.41, 5.74) is 0.302. The largest absolute Gasteiger partial charge is 0.268 e. The predicted molar refractivity (Wildman–Crippen MR) is 61.1 cm³/mol. The van der Waals surface area contributed by atoms with Gasteiger partial charge in [0.2, 0.25) is 10.0 Å². The second-order valence-electron chi connectivity index (χ2n) is 3.28. The van der Waals surface area contributed by atoms with E-state index in [1.807, 2.05) is 0 Å². The van der Waals surface area contributed by atoms with Gasteiger partial charge in [-0.3, -0.25) is 4.79 Å². The Kier molecular flexibility index (Phi) is 3.69. The van der Waals surface area contributed by atoms with Crippen LogP contribution in [-0.2, 0) is 10.0 Å². The topological polar surface area (TPSA) is 63.2 Å². The number of hydrogen-bond donors (Lipinski definition) is 1. The van der Waals surface area contributed by atoms with Crippen LogP contribution in [0.4, 0.5) is 4.39 Å². The van der Waals surface area contributed by atoms with Gasteiger partial charge in [0.05, 0.1) is 11.8 Å². The second kappa shape index (κ2) is 4.50. The number of amides is 1. The lowest BCUT2D eigenvalue weighted by molar-refractivity contribution is 0.0977. The molecule has 0 spiro atoms. The summed E-state index contributed by atoms with van der Waals surface area (Å²) >= 11 is 3.13. The highest BCUT2D eigenvalue weighted by Crippen LogP contribution is 2.20. The van der Waals surface area contributed by atoms with Gasteiger partial charge in [-0.05, 0) is 24.6 Å². The van der Waals surface area contributed by atoms with Crippen molar-refractivity contribution in [2.75, 3.05) is 6.26 Å². The molecular weight excluding hydrogens is 301 g/mol. The lowest BCUT2D eigenvalue weighted by atomic mass is 10.1. The van der Waals surface area contributed by atoms with Crippen molar-refractivity contribution in [3.05, 3.63) is 33.5 Å². The maximum Gasteiger partial charge on any atom is 0.267 e. The summed E-state index contributed by atoms with van der Waals surface area (Å²) in [4.78, 5) is 11.4. The molecule has 4 nitrogen and oxygen atoms in total. The summed E-state index contributed by atoms with van der Waals surface area (Å²) in [6, 6.07) is 2.40. The zero-order valence-electron chi connectivity index (χ0n) is 8.54. The van der Waals surface area contributed by atoms with Crippen molar-refractivity contribution >= 4 is 31.9 Å². The Bertz CT molecular complexity index is 542. The first-order valence-corrected chi connectivity index (χ1v) is 6.87. The lowest BCUT2D eigenvalue weighted by Gasteiger charge is -2.06. The van der Waals surface area contributed by atoms with Crippen molar-refractivity contribution in [1.29, 1.82) is 0 Å². The van der Waals surface area contributed by atoms with Crippen LogP contribution < -0.4 is 4.72 Å². The molecule has 0 aliphatic rings. The van der Waals surface area contributed by atoms with E-state index in [9.17, 15) is 17.6 Å². The molecule has 0 bridgehead atoms. The van der Waals surface area contributed by atoms with E-state index in [-0.39, 0.29) is 5.56 Å². The number of benzene rings is 1. The van der Waals surface area contributed by atoms with Crippen LogP contribution in [0.1, 0.15) is 15.9 Å². The van der Waals surface area contributed by atoms with Crippen molar-refractivity contribution in [1.82, 2.24) is 4.72 Å². The SMILES string of the molecule is Cc1cc(F)c(C(=O)NS(C)(=O)=O)cc1Br. The second-order valence-corrected chi connectivity index (χ2v) is 5.89. The molecule has 0 heterocycles. The molecule has 16 heavy (non-hydrogen) atoms. The van der Waals surface area contributed by atoms with E-state index in [0.717, 1.165) is 12.3 Å². The third-order valence-electron chi connectivity index (χ3n) is 1.77. The first kappa shape index (κ1) is 13.1. The molecule has 0 saturated heterocycles. The minimum atomic E-state index is -3.69. The van der Waals surface area contributed by atoms with E-state index in [2.05, 4.69) is 15.9 Å². The molecule has 0 radical (unpaired) electrons. The number of nitrogens with one attached hydrogen (secondary N) is 1. The molecule has 1 amide bonds. The molecule has 88 valence electrons. The highest BCUT2D eigenvalue weighted by Gasteiger charge is 2.16. The van der Waals surface area contributed by atoms with Crippen molar-refractivity contribution in [2.24, 2.45) is 0 Å². The van der Waals surface area contributed by atoms with Crippen LogP contribution in [0.3, 0.4) is 0 Å². The van der Waals surface area contributed by atoms with Crippen molar-refractivity contribution in [2.45, 2.75) is 6.92 Å². The van der Waals surface area contributed by atoms with E-state index in [4.69, 9.17) is 0 Å². The number of aryl methyl sites for hydroxylation is 1. The molecule has 1 N–H and O–H groups in total. The van der Waals surface area contributed by atoms with Crippen LogP contribution in [0.15, 0.2) is 16.6 Å². The van der Waals surface area contributed by atoms with Crippen molar-refractivity contribution in [3.8, 4) is 0 Å².